The van der Waals surface area contributed by atoms with Gasteiger partial charge in [0.1, 0.15) is 7.28 Å². The van der Waals surface area contributed by atoms with Crippen LogP contribution in [0.5, 0.6) is 0 Å². The molecule has 0 aromatic rings. The van der Waals surface area contributed by atoms with Gasteiger partial charge in [-0.15, -0.1) is 0 Å². The first-order valence-electron chi connectivity index (χ1n) is 5.89. The Morgan fingerprint density at radius 2 is 1.69 bits per heavy atom. The molecule has 13 heavy (non-hydrogen) atoms. The van der Waals surface area contributed by atoms with E-state index in [2.05, 4.69) is 32.5 Å². The number of nitrogens with zero attached hydrogens (tertiary/aromatic N) is 1. The molecule has 1 rings (SSSR count). The summed E-state index contributed by atoms with van der Waals surface area (Å²) < 4.78 is 0. The molecule has 0 aromatic heterocycles. The van der Waals surface area contributed by atoms with Crippen LogP contribution in [0.3, 0.4) is 0 Å². The fraction of sp³-hybridized carbons (Fsp3) is 1.00. The normalized spacial score (nSPS) is 23.5. The first-order chi connectivity index (χ1) is 6.15. The third kappa shape index (κ3) is 3.01. The van der Waals surface area contributed by atoms with Crippen molar-refractivity contribution in [2.24, 2.45) is 11.8 Å². The topological polar surface area (TPSA) is 3.24 Å². The molecule has 1 atom stereocenters. The van der Waals surface area contributed by atoms with Crippen molar-refractivity contribution in [3.05, 3.63) is 0 Å². The summed E-state index contributed by atoms with van der Waals surface area (Å²) in [6.07, 6.45) is 2.84. The fourth-order valence-corrected chi connectivity index (χ4v) is 2.29. The van der Waals surface area contributed by atoms with E-state index < -0.39 is 0 Å². The maximum atomic E-state index is 2.65. The van der Waals surface area contributed by atoms with Crippen molar-refractivity contribution >= 4 is 7.28 Å². The van der Waals surface area contributed by atoms with Crippen LogP contribution in [-0.4, -0.2) is 31.2 Å². The minimum atomic E-state index is 0.799. The van der Waals surface area contributed by atoms with E-state index in [9.17, 15) is 0 Å². The van der Waals surface area contributed by atoms with Crippen LogP contribution in [0, 0.1) is 11.8 Å². The summed E-state index contributed by atoms with van der Waals surface area (Å²) in [6, 6.07) is 0. The van der Waals surface area contributed by atoms with E-state index >= 15 is 0 Å². The van der Waals surface area contributed by atoms with Crippen LogP contribution in [0.2, 0.25) is 6.82 Å². The summed E-state index contributed by atoms with van der Waals surface area (Å²) in [4.78, 5) is 2.65. The van der Waals surface area contributed by atoms with Gasteiger partial charge in [-0.25, -0.2) is 0 Å². The highest BCUT2D eigenvalue weighted by Crippen LogP contribution is 2.25. The van der Waals surface area contributed by atoms with E-state index in [4.69, 9.17) is 0 Å². The Morgan fingerprint density at radius 3 is 2.08 bits per heavy atom. The van der Waals surface area contributed by atoms with Crippen molar-refractivity contribution < 1.29 is 0 Å². The average Bonchev–Trinajstić information content (AvgIpc) is 2.17. The lowest BCUT2D eigenvalue weighted by molar-refractivity contribution is 0.149. The molecule has 0 spiro atoms. The Bertz CT molecular complexity index is 139. The molecule has 1 fully saturated rings. The SMILES string of the molecule is CBC(C)N1CCC(C(C)C)CC1. The van der Waals surface area contributed by atoms with E-state index in [-0.39, 0.29) is 0 Å². The van der Waals surface area contributed by atoms with E-state index in [1.54, 1.807) is 0 Å². The Morgan fingerprint density at radius 1 is 1.15 bits per heavy atom. The Hall–Kier alpha value is 0.0249. The van der Waals surface area contributed by atoms with Crippen molar-refractivity contribution in [3.63, 3.8) is 0 Å². The zero-order chi connectivity index (χ0) is 9.84. The van der Waals surface area contributed by atoms with Crippen molar-refractivity contribution in [1.82, 2.24) is 4.90 Å². The van der Waals surface area contributed by atoms with Crippen LogP contribution >= 0.6 is 0 Å². The van der Waals surface area contributed by atoms with Gasteiger partial charge in [-0.2, -0.15) is 0 Å². The Balaban J connectivity index is 2.30. The number of hydrogen-bond acceptors (Lipinski definition) is 1. The second kappa shape index (κ2) is 5.04. The molecule has 2 heteroatoms. The molecule has 76 valence electrons. The minimum absolute atomic E-state index is 0.799. The van der Waals surface area contributed by atoms with Crippen molar-refractivity contribution in [3.8, 4) is 0 Å². The average molecular weight is 181 g/mol. The predicted molar refractivity (Wildman–Crippen MR) is 61.6 cm³/mol. The number of likely N-dealkylation sites (tertiary alicyclic amines) is 1. The third-order valence-electron chi connectivity index (χ3n) is 3.73. The van der Waals surface area contributed by atoms with Crippen LogP contribution in [0.15, 0.2) is 0 Å². The summed E-state index contributed by atoms with van der Waals surface area (Å²) >= 11 is 0. The predicted octanol–water partition coefficient (Wildman–Crippen LogP) is 2.18. The number of hydrogen-bond donors (Lipinski definition) is 0. The van der Waals surface area contributed by atoms with E-state index in [0.29, 0.717) is 0 Å². The van der Waals surface area contributed by atoms with Crippen molar-refractivity contribution in [2.45, 2.75) is 46.4 Å². The largest absolute Gasteiger partial charge is 0.308 e. The van der Waals surface area contributed by atoms with Crippen LogP contribution in [0.1, 0.15) is 33.6 Å². The molecule has 0 aliphatic carbocycles. The van der Waals surface area contributed by atoms with Gasteiger partial charge in [0.2, 0.25) is 0 Å². The number of piperidine rings is 1. The molecule has 1 saturated heterocycles. The molecule has 1 aliphatic heterocycles. The van der Waals surface area contributed by atoms with Crippen molar-refractivity contribution in [1.29, 1.82) is 0 Å². The first kappa shape index (κ1) is 11.1. The standard InChI is InChI=1S/C11H24BN/c1-9(2)11-5-7-13(8-6-11)10(3)12-4/h9-12H,5-8H2,1-4H3. The Kier molecular flexibility index (Phi) is 4.31. The maximum Gasteiger partial charge on any atom is 0.138 e. The third-order valence-corrected chi connectivity index (χ3v) is 3.73. The second-order valence-corrected chi connectivity index (χ2v) is 4.87. The van der Waals surface area contributed by atoms with Crippen LogP contribution in [0.25, 0.3) is 0 Å². The quantitative estimate of drug-likeness (QED) is 0.603. The van der Waals surface area contributed by atoms with Gasteiger partial charge < -0.3 is 4.90 Å². The lowest BCUT2D eigenvalue weighted by Crippen LogP contribution is -2.43. The molecule has 0 bridgehead atoms. The highest BCUT2D eigenvalue weighted by Gasteiger charge is 2.23. The lowest BCUT2D eigenvalue weighted by atomic mass is 9.71. The van der Waals surface area contributed by atoms with Crippen LogP contribution in [0.4, 0.5) is 0 Å². The first-order valence-corrected chi connectivity index (χ1v) is 5.89. The summed E-state index contributed by atoms with van der Waals surface area (Å²) in [6.45, 7) is 12.0. The fourth-order valence-electron chi connectivity index (χ4n) is 2.29. The zero-order valence-corrected chi connectivity index (χ0v) is 9.71. The number of rotatable bonds is 3. The molecule has 1 aliphatic rings. The second-order valence-electron chi connectivity index (χ2n) is 4.87. The maximum absolute atomic E-state index is 2.65. The molecule has 0 N–H and O–H groups in total. The van der Waals surface area contributed by atoms with Gasteiger partial charge in [0.25, 0.3) is 0 Å². The summed E-state index contributed by atoms with van der Waals surface area (Å²) in [7, 11) is 1.30. The molecule has 0 saturated carbocycles. The molecular weight excluding hydrogens is 157 g/mol. The van der Waals surface area contributed by atoms with E-state index in [1.165, 1.54) is 33.2 Å². The van der Waals surface area contributed by atoms with Gasteiger partial charge in [-0.3, -0.25) is 0 Å². The molecule has 0 amide bonds. The van der Waals surface area contributed by atoms with Crippen molar-refractivity contribution in [2.75, 3.05) is 13.1 Å². The Labute approximate surface area is 84.1 Å². The molecule has 0 aromatic carbocycles. The van der Waals surface area contributed by atoms with Crippen LogP contribution < -0.4 is 0 Å². The van der Waals surface area contributed by atoms with E-state index in [1.807, 2.05) is 0 Å². The van der Waals surface area contributed by atoms with Gasteiger partial charge in [-0.05, 0) is 43.7 Å². The monoisotopic (exact) mass is 181 g/mol. The van der Waals surface area contributed by atoms with Gasteiger partial charge in [0.15, 0.2) is 0 Å². The molecule has 1 unspecified atom stereocenters. The lowest BCUT2D eigenvalue weighted by Gasteiger charge is -2.37. The van der Waals surface area contributed by atoms with E-state index in [0.717, 1.165) is 17.8 Å². The van der Waals surface area contributed by atoms with Gasteiger partial charge in [-0.1, -0.05) is 27.6 Å². The zero-order valence-electron chi connectivity index (χ0n) is 9.71. The van der Waals surface area contributed by atoms with Gasteiger partial charge in [0, 0.05) is 0 Å². The summed E-state index contributed by atoms with van der Waals surface area (Å²) in [5.74, 6) is 2.67. The van der Waals surface area contributed by atoms with Gasteiger partial charge in [0.05, 0.1) is 0 Å². The van der Waals surface area contributed by atoms with Crippen LogP contribution in [-0.2, 0) is 0 Å². The highest BCUT2D eigenvalue weighted by atomic mass is 15.1. The smallest absolute Gasteiger partial charge is 0.138 e. The molecule has 0 radical (unpaired) electrons. The molecule has 1 nitrogen and oxygen atoms in total. The minimum Gasteiger partial charge on any atom is -0.308 e. The highest BCUT2D eigenvalue weighted by molar-refractivity contribution is 6.35. The summed E-state index contributed by atoms with van der Waals surface area (Å²) in [5, 5.41) is 0. The summed E-state index contributed by atoms with van der Waals surface area (Å²) in [5.41, 5.74) is 0. The van der Waals surface area contributed by atoms with Gasteiger partial charge >= 0.3 is 0 Å². The molecular formula is C11H24BN. The molecule has 1 heterocycles.